The summed E-state index contributed by atoms with van der Waals surface area (Å²) in [7, 11) is 4.07. The molecule has 0 amide bonds. The first-order valence-electron chi connectivity index (χ1n) is 17.9. The van der Waals surface area contributed by atoms with Crippen molar-refractivity contribution in [2.24, 2.45) is 5.41 Å². The summed E-state index contributed by atoms with van der Waals surface area (Å²) in [5.41, 5.74) is 4.30. The van der Waals surface area contributed by atoms with E-state index in [9.17, 15) is 5.11 Å². The molecule has 0 spiro atoms. The van der Waals surface area contributed by atoms with E-state index in [2.05, 4.69) is 83.6 Å². The molecule has 3 saturated heterocycles. The highest BCUT2D eigenvalue weighted by atomic mass is 16.5. The van der Waals surface area contributed by atoms with Crippen molar-refractivity contribution >= 4 is 23.3 Å². The monoisotopic (exact) mass is 634 g/mol. The normalized spacial score (nSPS) is 24.1. The number of aromatic nitrogens is 2. The Kier molecular flexibility index (Phi) is 9.88. The summed E-state index contributed by atoms with van der Waals surface area (Å²) < 4.78 is 6.12. The molecular weight excluding hydrogens is 576 g/mol. The first-order chi connectivity index (χ1) is 22.1. The summed E-state index contributed by atoms with van der Waals surface area (Å²) in [5.74, 6) is 4.05. The number of benzene rings is 1. The van der Waals surface area contributed by atoms with Crippen LogP contribution in [0.5, 0.6) is 5.75 Å². The van der Waals surface area contributed by atoms with Crippen molar-refractivity contribution in [3.8, 4) is 5.75 Å². The Hall–Kier alpha value is -2.82. The molecule has 0 aliphatic carbocycles. The van der Waals surface area contributed by atoms with Gasteiger partial charge in [-0.15, -0.1) is 0 Å². The van der Waals surface area contributed by atoms with E-state index in [1.807, 2.05) is 7.05 Å². The summed E-state index contributed by atoms with van der Waals surface area (Å²) in [4.78, 5) is 22.2. The number of rotatable bonds is 10. The van der Waals surface area contributed by atoms with E-state index in [0.717, 1.165) is 101 Å². The Labute approximate surface area is 277 Å². The molecule has 4 aliphatic heterocycles. The third-order valence-electron chi connectivity index (χ3n) is 11.5. The SMILES string of the molecule is CCC(C)(CN1CCN(c2cc(N3CCCC3)nc(N3CCCC3)n2)C(C)C1)C(O)N(C)c1cc2c(c(C)c1C)OCCC2NC. The number of piperazine rings is 1. The van der Waals surface area contributed by atoms with Crippen LogP contribution in [0.1, 0.15) is 82.0 Å². The second-order valence-corrected chi connectivity index (χ2v) is 14.6. The van der Waals surface area contributed by atoms with Gasteiger partial charge in [0.25, 0.3) is 0 Å². The minimum absolute atomic E-state index is 0.260. The highest BCUT2D eigenvalue weighted by molar-refractivity contribution is 5.64. The number of ether oxygens (including phenoxy) is 1. The summed E-state index contributed by atoms with van der Waals surface area (Å²) in [5, 5.41) is 15.5. The van der Waals surface area contributed by atoms with E-state index in [0.29, 0.717) is 6.04 Å². The lowest BCUT2D eigenvalue weighted by atomic mass is 9.83. The van der Waals surface area contributed by atoms with Crippen LogP contribution in [-0.2, 0) is 0 Å². The molecule has 0 saturated carbocycles. The molecule has 1 aromatic heterocycles. The van der Waals surface area contributed by atoms with E-state index in [-0.39, 0.29) is 11.5 Å². The fraction of sp³-hybridized carbons (Fsp3) is 0.722. The van der Waals surface area contributed by atoms with Gasteiger partial charge in [0.2, 0.25) is 5.95 Å². The van der Waals surface area contributed by atoms with E-state index in [4.69, 9.17) is 14.7 Å². The Morgan fingerprint density at radius 3 is 2.33 bits per heavy atom. The Balaban J connectivity index is 1.17. The van der Waals surface area contributed by atoms with Gasteiger partial charge in [0.1, 0.15) is 23.6 Å². The molecule has 1 aromatic carbocycles. The minimum Gasteiger partial charge on any atom is -0.493 e. The second kappa shape index (κ2) is 13.7. The van der Waals surface area contributed by atoms with E-state index < -0.39 is 6.23 Å². The summed E-state index contributed by atoms with van der Waals surface area (Å²) in [6, 6.07) is 5.04. The maximum atomic E-state index is 12.0. The Morgan fingerprint density at radius 1 is 1.00 bits per heavy atom. The molecule has 10 heteroatoms. The highest BCUT2D eigenvalue weighted by Crippen LogP contribution is 2.42. The average molecular weight is 635 g/mol. The molecule has 46 heavy (non-hydrogen) atoms. The summed E-state index contributed by atoms with van der Waals surface area (Å²) in [6.45, 7) is 19.7. The van der Waals surface area contributed by atoms with Crippen LogP contribution in [0, 0.1) is 19.3 Å². The van der Waals surface area contributed by atoms with Crippen molar-refractivity contribution in [2.75, 3.05) is 92.7 Å². The zero-order chi connectivity index (χ0) is 32.6. The standard InChI is InChI=1S/C36H58N8O2/c1-8-36(5,34(45)40(7)30-21-28-29(37-6)13-20-46-33(28)27(4)26(30)3)24-41-18-19-44(25(2)23-41)32-22-31(42-14-9-10-15-42)38-35(39-32)43-16-11-12-17-43/h21-22,25,29,34,37,45H,8-20,23-24H2,1-7H3. The predicted octanol–water partition coefficient (Wildman–Crippen LogP) is 4.72. The number of aliphatic hydroxyl groups excluding tert-OH is 1. The van der Waals surface area contributed by atoms with Gasteiger partial charge in [-0.3, -0.25) is 4.90 Å². The molecular formula is C36H58N8O2. The number of hydrogen-bond acceptors (Lipinski definition) is 10. The van der Waals surface area contributed by atoms with Crippen molar-refractivity contribution in [2.45, 2.75) is 91.5 Å². The van der Waals surface area contributed by atoms with Crippen LogP contribution in [0.25, 0.3) is 0 Å². The predicted molar refractivity (Wildman–Crippen MR) is 189 cm³/mol. The van der Waals surface area contributed by atoms with Crippen molar-refractivity contribution in [3.05, 3.63) is 28.8 Å². The van der Waals surface area contributed by atoms with E-state index >= 15 is 0 Å². The van der Waals surface area contributed by atoms with Crippen LogP contribution in [0.4, 0.5) is 23.3 Å². The van der Waals surface area contributed by atoms with Crippen molar-refractivity contribution < 1.29 is 9.84 Å². The van der Waals surface area contributed by atoms with Crippen LogP contribution in [0.2, 0.25) is 0 Å². The molecule has 10 nitrogen and oxygen atoms in total. The number of aliphatic hydroxyl groups is 1. The fourth-order valence-corrected chi connectivity index (χ4v) is 8.18. The van der Waals surface area contributed by atoms with Gasteiger partial charge < -0.3 is 34.8 Å². The van der Waals surface area contributed by atoms with Crippen LogP contribution in [0.3, 0.4) is 0 Å². The summed E-state index contributed by atoms with van der Waals surface area (Å²) >= 11 is 0. The number of fused-ring (bicyclic) bond motifs is 1. The van der Waals surface area contributed by atoms with Gasteiger partial charge in [0.15, 0.2) is 0 Å². The molecule has 0 bridgehead atoms. The van der Waals surface area contributed by atoms with Crippen molar-refractivity contribution in [1.29, 1.82) is 0 Å². The second-order valence-electron chi connectivity index (χ2n) is 14.6. The molecule has 0 radical (unpaired) electrons. The molecule has 3 fully saturated rings. The third kappa shape index (κ3) is 6.37. The van der Waals surface area contributed by atoms with Crippen LogP contribution < -0.4 is 29.7 Å². The fourth-order valence-electron chi connectivity index (χ4n) is 8.18. The van der Waals surface area contributed by atoms with Gasteiger partial charge in [-0.25, -0.2) is 0 Å². The lowest BCUT2D eigenvalue weighted by Gasteiger charge is -2.47. The van der Waals surface area contributed by atoms with Crippen LogP contribution in [-0.4, -0.2) is 105 Å². The number of anilines is 4. The van der Waals surface area contributed by atoms with Gasteiger partial charge >= 0.3 is 0 Å². The Bertz CT molecular complexity index is 1330. The first kappa shape index (κ1) is 33.1. The molecule has 4 unspecified atom stereocenters. The zero-order valence-electron chi connectivity index (χ0n) is 29.5. The van der Waals surface area contributed by atoms with E-state index in [1.165, 1.54) is 42.4 Å². The smallest absolute Gasteiger partial charge is 0.229 e. The third-order valence-corrected chi connectivity index (χ3v) is 11.5. The van der Waals surface area contributed by atoms with Crippen LogP contribution in [0.15, 0.2) is 12.1 Å². The minimum atomic E-state index is -0.632. The Morgan fingerprint density at radius 2 is 1.67 bits per heavy atom. The average Bonchev–Trinajstić information content (AvgIpc) is 3.81. The maximum absolute atomic E-state index is 12.0. The molecule has 5 heterocycles. The molecule has 4 atom stereocenters. The zero-order valence-corrected chi connectivity index (χ0v) is 29.5. The topological polar surface area (TPSA) is 83.5 Å². The molecule has 4 aliphatic rings. The largest absolute Gasteiger partial charge is 0.493 e. The van der Waals surface area contributed by atoms with Crippen LogP contribution >= 0.6 is 0 Å². The van der Waals surface area contributed by atoms with Crippen molar-refractivity contribution in [1.82, 2.24) is 20.2 Å². The molecule has 254 valence electrons. The summed E-state index contributed by atoms with van der Waals surface area (Å²) in [6.07, 6.45) is 6.10. The number of nitrogens with zero attached hydrogens (tertiary/aromatic N) is 7. The first-order valence-corrected chi connectivity index (χ1v) is 17.9. The van der Waals surface area contributed by atoms with E-state index in [1.54, 1.807) is 0 Å². The van der Waals surface area contributed by atoms with Gasteiger partial charge in [-0.2, -0.15) is 9.97 Å². The lowest BCUT2D eigenvalue weighted by Crippen LogP contribution is -2.57. The highest BCUT2D eigenvalue weighted by Gasteiger charge is 2.39. The molecule has 2 aromatic rings. The van der Waals surface area contributed by atoms with Gasteiger partial charge in [-0.1, -0.05) is 13.8 Å². The van der Waals surface area contributed by atoms with Gasteiger partial charge in [0.05, 0.1) is 6.61 Å². The van der Waals surface area contributed by atoms with Crippen molar-refractivity contribution in [3.63, 3.8) is 0 Å². The lowest BCUT2D eigenvalue weighted by molar-refractivity contribution is 0.00367. The maximum Gasteiger partial charge on any atom is 0.229 e. The van der Waals surface area contributed by atoms with Gasteiger partial charge in [-0.05, 0) is 77.1 Å². The quantitative estimate of drug-likeness (QED) is 0.359. The molecule has 2 N–H and O–H groups in total. The number of hydrogen-bond donors (Lipinski definition) is 2. The molecule has 6 rings (SSSR count). The van der Waals surface area contributed by atoms with Gasteiger partial charge in [0, 0.05) is 101 Å². The number of nitrogens with one attached hydrogen (secondary N) is 1.